The maximum Gasteiger partial charge on any atom is 0.136 e. The van der Waals surface area contributed by atoms with Crippen molar-refractivity contribution in [2.45, 2.75) is 71.1 Å². The second-order valence-corrected chi connectivity index (χ2v) is 5.96. The number of carbonyl (C=O) groups is 1. The SMILES string of the molecule is CCC1CCCC(C(=O)CC2CCCC2)C1. The van der Waals surface area contributed by atoms with Gasteiger partial charge in [0.25, 0.3) is 0 Å². The maximum atomic E-state index is 12.2. The number of carbonyl (C=O) groups excluding carboxylic acids is 1. The molecule has 0 spiro atoms. The van der Waals surface area contributed by atoms with Gasteiger partial charge in [0, 0.05) is 12.3 Å². The van der Waals surface area contributed by atoms with Gasteiger partial charge >= 0.3 is 0 Å². The van der Waals surface area contributed by atoms with Gasteiger partial charge in [0.05, 0.1) is 0 Å². The van der Waals surface area contributed by atoms with E-state index in [-0.39, 0.29) is 0 Å². The highest BCUT2D eigenvalue weighted by atomic mass is 16.1. The summed E-state index contributed by atoms with van der Waals surface area (Å²) in [5, 5.41) is 0. The Morgan fingerprint density at radius 3 is 2.38 bits per heavy atom. The molecular weight excluding hydrogens is 196 g/mol. The first-order chi connectivity index (χ1) is 7.79. The zero-order chi connectivity index (χ0) is 11.4. The van der Waals surface area contributed by atoms with Crippen molar-refractivity contribution in [2.24, 2.45) is 17.8 Å². The second kappa shape index (κ2) is 5.84. The highest BCUT2D eigenvalue weighted by Gasteiger charge is 2.28. The van der Waals surface area contributed by atoms with Gasteiger partial charge in [-0.15, -0.1) is 0 Å². The quantitative estimate of drug-likeness (QED) is 0.691. The van der Waals surface area contributed by atoms with Gasteiger partial charge in [-0.25, -0.2) is 0 Å². The summed E-state index contributed by atoms with van der Waals surface area (Å²) in [6.45, 7) is 2.27. The molecule has 0 heterocycles. The number of hydrogen-bond acceptors (Lipinski definition) is 1. The number of ketones is 1. The minimum Gasteiger partial charge on any atom is -0.299 e. The fourth-order valence-corrected chi connectivity index (χ4v) is 3.62. The topological polar surface area (TPSA) is 17.1 Å². The van der Waals surface area contributed by atoms with E-state index in [1.807, 2.05) is 0 Å². The van der Waals surface area contributed by atoms with Crippen molar-refractivity contribution >= 4 is 5.78 Å². The maximum absolute atomic E-state index is 12.2. The van der Waals surface area contributed by atoms with Crippen LogP contribution in [0.5, 0.6) is 0 Å². The Hall–Kier alpha value is -0.330. The van der Waals surface area contributed by atoms with Gasteiger partial charge in [-0.3, -0.25) is 4.79 Å². The van der Waals surface area contributed by atoms with E-state index in [2.05, 4.69) is 6.92 Å². The van der Waals surface area contributed by atoms with Crippen LogP contribution in [0.2, 0.25) is 0 Å². The molecule has 0 bridgehead atoms. The average Bonchev–Trinajstić information content (AvgIpc) is 2.82. The van der Waals surface area contributed by atoms with Crippen LogP contribution in [0.3, 0.4) is 0 Å². The molecule has 0 N–H and O–H groups in total. The van der Waals surface area contributed by atoms with Crippen LogP contribution in [0, 0.1) is 17.8 Å². The molecule has 0 amide bonds. The van der Waals surface area contributed by atoms with Crippen molar-refractivity contribution in [3.8, 4) is 0 Å². The fraction of sp³-hybridized carbons (Fsp3) is 0.933. The summed E-state index contributed by atoms with van der Waals surface area (Å²) in [5.74, 6) is 2.62. The Morgan fingerprint density at radius 2 is 1.69 bits per heavy atom. The van der Waals surface area contributed by atoms with Crippen molar-refractivity contribution in [3.05, 3.63) is 0 Å². The summed E-state index contributed by atoms with van der Waals surface area (Å²) in [5.41, 5.74) is 0. The summed E-state index contributed by atoms with van der Waals surface area (Å²) in [4.78, 5) is 12.2. The molecular formula is C15H26O. The van der Waals surface area contributed by atoms with E-state index in [4.69, 9.17) is 0 Å². The van der Waals surface area contributed by atoms with Crippen molar-refractivity contribution in [2.75, 3.05) is 0 Å². The molecule has 0 saturated heterocycles. The van der Waals surface area contributed by atoms with Crippen molar-refractivity contribution in [1.29, 1.82) is 0 Å². The minimum atomic E-state index is 0.430. The van der Waals surface area contributed by atoms with E-state index in [0.717, 1.165) is 18.3 Å². The predicted octanol–water partition coefficient (Wildman–Crippen LogP) is 4.35. The van der Waals surface area contributed by atoms with Crippen LogP contribution >= 0.6 is 0 Å². The predicted molar refractivity (Wildman–Crippen MR) is 67.3 cm³/mol. The van der Waals surface area contributed by atoms with E-state index < -0.39 is 0 Å². The van der Waals surface area contributed by atoms with Crippen molar-refractivity contribution < 1.29 is 4.79 Å². The monoisotopic (exact) mass is 222 g/mol. The Labute approximate surface area is 100.0 Å². The number of rotatable bonds is 4. The number of hydrogen-bond donors (Lipinski definition) is 0. The third kappa shape index (κ3) is 3.09. The zero-order valence-electron chi connectivity index (χ0n) is 10.7. The van der Waals surface area contributed by atoms with E-state index in [1.54, 1.807) is 0 Å². The molecule has 2 saturated carbocycles. The summed E-state index contributed by atoms with van der Waals surface area (Å²) in [7, 11) is 0. The van der Waals surface area contributed by atoms with Gasteiger partial charge in [0.1, 0.15) is 5.78 Å². The average molecular weight is 222 g/mol. The molecule has 2 fully saturated rings. The van der Waals surface area contributed by atoms with Crippen LogP contribution in [0.1, 0.15) is 71.1 Å². The van der Waals surface area contributed by atoms with E-state index in [0.29, 0.717) is 11.7 Å². The van der Waals surface area contributed by atoms with Crippen LogP contribution in [-0.4, -0.2) is 5.78 Å². The van der Waals surface area contributed by atoms with E-state index in [1.165, 1.54) is 57.8 Å². The van der Waals surface area contributed by atoms with Crippen LogP contribution in [0.15, 0.2) is 0 Å². The van der Waals surface area contributed by atoms with Gasteiger partial charge in [-0.2, -0.15) is 0 Å². The molecule has 16 heavy (non-hydrogen) atoms. The molecule has 1 nitrogen and oxygen atoms in total. The molecule has 2 rings (SSSR count). The molecule has 2 unspecified atom stereocenters. The molecule has 1 heteroatoms. The first-order valence-electron chi connectivity index (χ1n) is 7.32. The lowest BCUT2D eigenvalue weighted by molar-refractivity contribution is -0.125. The van der Waals surface area contributed by atoms with Crippen LogP contribution in [0.25, 0.3) is 0 Å². The van der Waals surface area contributed by atoms with Crippen LogP contribution in [0.4, 0.5) is 0 Å². The normalized spacial score (nSPS) is 31.8. The third-order valence-corrected chi connectivity index (χ3v) is 4.78. The lowest BCUT2D eigenvalue weighted by Crippen LogP contribution is -2.24. The molecule has 2 atom stereocenters. The molecule has 2 aliphatic rings. The second-order valence-electron chi connectivity index (χ2n) is 5.96. The zero-order valence-corrected chi connectivity index (χ0v) is 10.7. The summed E-state index contributed by atoms with van der Waals surface area (Å²) < 4.78 is 0. The summed E-state index contributed by atoms with van der Waals surface area (Å²) in [6.07, 6.45) is 12.6. The molecule has 0 aromatic rings. The first kappa shape index (κ1) is 12.1. The largest absolute Gasteiger partial charge is 0.299 e. The van der Waals surface area contributed by atoms with Crippen LogP contribution < -0.4 is 0 Å². The van der Waals surface area contributed by atoms with Gasteiger partial charge < -0.3 is 0 Å². The Morgan fingerprint density at radius 1 is 1.00 bits per heavy atom. The fourth-order valence-electron chi connectivity index (χ4n) is 3.62. The molecule has 92 valence electrons. The highest BCUT2D eigenvalue weighted by molar-refractivity contribution is 5.81. The van der Waals surface area contributed by atoms with E-state index in [9.17, 15) is 4.79 Å². The molecule has 0 aliphatic heterocycles. The smallest absolute Gasteiger partial charge is 0.136 e. The Kier molecular flexibility index (Phi) is 4.43. The van der Waals surface area contributed by atoms with Gasteiger partial charge in [-0.1, -0.05) is 51.9 Å². The van der Waals surface area contributed by atoms with Gasteiger partial charge in [0.2, 0.25) is 0 Å². The molecule has 0 radical (unpaired) electrons. The lowest BCUT2D eigenvalue weighted by Gasteiger charge is -2.28. The van der Waals surface area contributed by atoms with Crippen molar-refractivity contribution in [1.82, 2.24) is 0 Å². The third-order valence-electron chi connectivity index (χ3n) is 4.78. The van der Waals surface area contributed by atoms with Gasteiger partial charge in [-0.05, 0) is 24.7 Å². The molecule has 2 aliphatic carbocycles. The Bertz CT molecular complexity index is 228. The number of Topliss-reactive ketones (excluding diaryl/α,β-unsaturated/α-hetero) is 1. The lowest BCUT2D eigenvalue weighted by atomic mass is 9.76. The van der Waals surface area contributed by atoms with Crippen molar-refractivity contribution in [3.63, 3.8) is 0 Å². The minimum absolute atomic E-state index is 0.430. The first-order valence-corrected chi connectivity index (χ1v) is 7.32. The molecule has 0 aromatic heterocycles. The summed E-state index contributed by atoms with van der Waals surface area (Å²) in [6, 6.07) is 0. The van der Waals surface area contributed by atoms with Crippen LogP contribution in [-0.2, 0) is 4.79 Å². The summed E-state index contributed by atoms with van der Waals surface area (Å²) >= 11 is 0. The van der Waals surface area contributed by atoms with E-state index >= 15 is 0 Å². The Balaban J connectivity index is 1.79. The highest BCUT2D eigenvalue weighted by Crippen LogP contribution is 2.35. The van der Waals surface area contributed by atoms with Gasteiger partial charge in [0.15, 0.2) is 0 Å². The molecule has 0 aromatic carbocycles. The standard InChI is InChI=1S/C15H26O/c1-2-12-8-5-9-14(10-12)15(16)11-13-6-3-4-7-13/h12-14H,2-11H2,1H3.